The Morgan fingerprint density at radius 2 is 1.90 bits per heavy atom. The van der Waals surface area contributed by atoms with E-state index in [-0.39, 0.29) is 17.6 Å². The van der Waals surface area contributed by atoms with Gasteiger partial charge in [-0.1, -0.05) is 62.0 Å². The third kappa shape index (κ3) is 3.85. The first-order chi connectivity index (χ1) is 14.1. The standard InChI is InChI=1S/C21H22FN5OS/c1-3-13-9-11-14(12-10-13)18-19(20(28)23-16-8-6-5-7-15(16)22)29-21-25-24-17(4-2)27(21)26-18/h5-12,18-19,26H,3-4H2,1-2H3,(H,23,28)/t18-,19+/m1/s1. The Morgan fingerprint density at radius 3 is 2.59 bits per heavy atom. The number of carbonyl (C=O) groups is 1. The van der Waals surface area contributed by atoms with Gasteiger partial charge in [0, 0.05) is 6.42 Å². The fourth-order valence-corrected chi connectivity index (χ4v) is 4.40. The molecular formula is C21H22FN5OS. The molecule has 1 aliphatic rings. The Balaban J connectivity index is 1.68. The van der Waals surface area contributed by atoms with Gasteiger partial charge in [0.2, 0.25) is 11.1 Å². The van der Waals surface area contributed by atoms with E-state index in [4.69, 9.17) is 0 Å². The molecule has 1 aromatic heterocycles. The molecule has 0 spiro atoms. The lowest BCUT2D eigenvalue weighted by Gasteiger charge is -2.33. The van der Waals surface area contributed by atoms with Crippen LogP contribution in [0.1, 0.15) is 36.8 Å². The zero-order valence-corrected chi connectivity index (χ0v) is 17.0. The molecule has 0 saturated carbocycles. The maximum absolute atomic E-state index is 14.0. The third-order valence-corrected chi connectivity index (χ3v) is 6.17. The molecule has 2 N–H and O–H groups in total. The predicted molar refractivity (Wildman–Crippen MR) is 112 cm³/mol. The number of nitrogens with one attached hydrogen (secondary N) is 2. The summed E-state index contributed by atoms with van der Waals surface area (Å²) in [6.45, 7) is 4.11. The number of fused-ring (bicyclic) bond motifs is 1. The number of carbonyl (C=O) groups excluding carboxylic acids is 1. The summed E-state index contributed by atoms with van der Waals surface area (Å²) in [5.74, 6) is 0.0509. The van der Waals surface area contributed by atoms with Crippen LogP contribution >= 0.6 is 11.8 Å². The van der Waals surface area contributed by atoms with E-state index < -0.39 is 11.1 Å². The van der Waals surface area contributed by atoms with Crippen LogP contribution in [0.25, 0.3) is 0 Å². The molecule has 150 valence electrons. The quantitative estimate of drug-likeness (QED) is 0.665. The first-order valence-electron chi connectivity index (χ1n) is 9.62. The molecule has 0 bridgehead atoms. The number of benzene rings is 2. The van der Waals surface area contributed by atoms with Gasteiger partial charge in [0.25, 0.3) is 0 Å². The fourth-order valence-electron chi connectivity index (χ4n) is 3.30. The minimum absolute atomic E-state index is 0.166. The molecule has 0 radical (unpaired) electrons. The Labute approximate surface area is 172 Å². The van der Waals surface area contributed by atoms with E-state index in [0.29, 0.717) is 11.6 Å². The number of para-hydroxylation sites is 1. The zero-order chi connectivity index (χ0) is 20.4. The molecule has 0 aliphatic carbocycles. The lowest BCUT2D eigenvalue weighted by atomic mass is 10.0. The summed E-state index contributed by atoms with van der Waals surface area (Å²) in [6, 6.07) is 14.0. The van der Waals surface area contributed by atoms with E-state index in [9.17, 15) is 9.18 Å². The molecule has 6 nitrogen and oxygen atoms in total. The second-order valence-electron chi connectivity index (χ2n) is 6.80. The fraction of sp³-hybridized carbons (Fsp3) is 0.286. The van der Waals surface area contributed by atoms with E-state index in [1.54, 1.807) is 18.2 Å². The van der Waals surface area contributed by atoms with Gasteiger partial charge in [-0.15, -0.1) is 10.2 Å². The van der Waals surface area contributed by atoms with Gasteiger partial charge in [0.1, 0.15) is 11.1 Å². The summed E-state index contributed by atoms with van der Waals surface area (Å²) in [6.07, 6.45) is 1.66. The molecule has 29 heavy (non-hydrogen) atoms. The van der Waals surface area contributed by atoms with Gasteiger partial charge in [0.15, 0.2) is 5.82 Å². The number of anilines is 1. The van der Waals surface area contributed by atoms with Crippen LogP contribution < -0.4 is 10.7 Å². The minimum atomic E-state index is -0.538. The summed E-state index contributed by atoms with van der Waals surface area (Å²) in [5.41, 5.74) is 5.77. The number of aromatic nitrogens is 3. The highest BCUT2D eigenvalue weighted by molar-refractivity contribution is 8.00. The average Bonchev–Trinajstić information content (AvgIpc) is 3.16. The van der Waals surface area contributed by atoms with Crippen molar-refractivity contribution in [2.24, 2.45) is 0 Å². The van der Waals surface area contributed by atoms with E-state index in [1.165, 1.54) is 23.4 Å². The van der Waals surface area contributed by atoms with Gasteiger partial charge < -0.3 is 10.7 Å². The Bertz CT molecular complexity index is 1020. The maximum Gasteiger partial charge on any atom is 0.240 e. The molecule has 4 rings (SSSR count). The van der Waals surface area contributed by atoms with Crippen molar-refractivity contribution in [3.8, 4) is 0 Å². The van der Waals surface area contributed by atoms with Crippen LogP contribution in [0.15, 0.2) is 53.7 Å². The van der Waals surface area contributed by atoms with Crippen LogP contribution in [0.4, 0.5) is 10.1 Å². The molecule has 0 unspecified atom stereocenters. The maximum atomic E-state index is 14.0. The highest BCUT2D eigenvalue weighted by atomic mass is 32.2. The molecule has 2 atom stereocenters. The smallest absolute Gasteiger partial charge is 0.240 e. The number of hydrogen-bond acceptors (Lipinski definition) is 5. The van der Waals surface area contributed by atoms with Gasteiger partial charge in [0.05, 0.1) is 11.7 Å². The average molecular weight is 412 g/mol. The van der Waals surface area contributed by atoms with Crippen LogP contribution in [-0.4, -0.2) is 26.0 Å². The van der Waals surface area contributed by atoms with Crippen molar-refractivity contribution < 1.29 is 9.18 Å². The number of thioether (sulfide) groups is 1. The van der Waals surface area contributed by atoms with Gasteiger partial charge in [-0.05, 0) is 29.7 Å². The molecule has 8 heteroatoms. The number of hydrogen-bond donors (Lipinski definition) is 2. The minimum Gasteiger partial charge on any atom is -0.323 e. The van der Waals surface area contributed by atoms with E-state index in [1.807, 2.05) is 23.7 Å². The third-order valence-electron chi connectivity index (χ3n) is 4.96. The molecule has 0 saturated heterocycles. The largest absolute Gasteiger partial charge is 0.323 e. The SMILES string of the molecule is CCc1ccc([C@H]2Nn3c(CC)nnc3S[C@@H]2C(=O)Nc2ccccc2F)cc1. The monoisotopic (exact) mass is 411 g/mol. The number of halogens is 1. The lowest BCUT2D eigenvalue weighted by Crippen LogP contribution is -2.41. The first-order valence-corrected chi connectivity index (χ1v) is 10.5. The normalized spacial score (nSPS) is 18.0. The molecule has 2 aromatic carbocycles. The Morgan fingerprint density at radius 1 is 1.14 bits per heavy atom. The van der Waals surface area contributed by atoms with Crippen molar-refractivity contribution in [2.45, 2.75) is 43.1 Å². The van der Waals surface area contributed by atoms with Gasteiger partial charge in [-0.3, -0.25) is 4.79 Å². The van der Waals surface area contributed by atoms with Crippen molar-refractivity contribution in [1.29, 1.82) is 0 Å². The predicted octanol–water partition coefficient (Wildman–Crippen LogP) is 3.94. The lowest BCUT2D eigenvalue weighted by molar-refractivity contribution is -0.116. The van der Waals surface area contributed by atoms with Crippen molar-refractivity contribution in [1.82, 2.24) is 14.9 Å². The van der Waals surface area contributed by atoms with Crippen LogP contribution in [0.3, 0.4) is 0 Å². The van der Waals surface area contributed by atoms with E-state index in [0.717, 1.165) is 17.8 Å². The Kier molecular flexibility index (Phi) is 5.53. The molecular weight excluding hydrogens is 389 g/mol. The zero-order valence-electron chi connectivity index (χ0n) is 16.2. The number of amides is 1. The van der Waals surface area contributed by atoms with Crippen molar-refractivity contribution in [3.05, 3.63) is 71.3 Å². The van der Waals surface area contributed by atoms with Crippen molar-refractivity contribution in [3.63, 3.8) is 0 Å². The highest BCUT2D eigenvalue weighted by Crippen LogP contribution is 2.37. The second-order valence-corrected chi connectivity index (χ2v) is 7.91. The first kappa shape index (κ1) is 19.4. The molecule has 3 aromatic rings. The van der Waals surface area contributed by atoms with Gasteiger partial charge in [-0.25, -0.2) is 9.07 Å². The molecule has 1 amide bonds. The Hall–Kier alpha value is -2.87. The number of aryl methyl sites for hydroxylation is 2. The van der Waals surface area contributed by atoms with Gasteiger partial charge in [-0.2, -0.15) is 0 Å². The summed E-state index contributed by atoms with van der Waals surface area (Å²) in [5, 5.41) is 11.2. The summed E-state index contributed by atoms with van der Waals surface area (Å²) in [7, 11) is 0. The molecule has 2 heterocycles. The van der Waals surface area contributed by atoms with Gasteiger partial charge >= 0.3 is 0 Å². The van der Waals surface area contributed by atoms with Crippen molar-refractivity contribution in [2.75, 3.05) is 10.7 Å². The second kappa shape index (κ2) is 8.24. The van der Waals surface area contributed by atoms with Crippen LogP contribution in [-0.2, 0) is 17.6 Å². The van der Waals surface area contributed by atoms with Crippen molar-refractivity contribution >= 4 is 23.4 Å². The van der Waals surface area contributed by atoms with Crippen LogP contribution in [0, 0.1) is 5.82 Å². The van der Waals surface area contributed by atoms with Crippen LogP contribution in [0.2, 0.25) is 0 Å². The van der Waals surface area contributed by atoms with E-state index in [2.05, 4.69) is 40.0 Å². The molecule has 0 fully saturated rings. The molecule has 1 aliphatic heterocycles. The summed E-state index contributed by atoms with van der Waals surface area (Å²) in [4.78, 5) is 13.1. The highest BCUT2D eigenvalue weighted by Gasteiger charge is 2.37. The summed E-state index contributed by atoms with van der Waals surface area (Å²) < 4.78 is 15.9. The van der Waals surface area contributed by atoms with E-state index >= 15 is 0 Å². The summed E-state index contributed by atoms with van der Waals surface area (Å²) >= 11 is 1.33. The number of nitrogens with zero attached hydrogens (tertiary/aromatic N) is 3. The van der Waals surface area contributed by atoms with Crippen LogP contribution in [0.5, 0.6) is 0 Å². The topological polar surface area (TPSA) is 71.8 Å². The number of rotatable bonds is 5.